The number of alkyl carbamates (subject to hydrolysis) is 1. The molecule has 0 atom stereocenters. The van der Waals surface area contributed by atoms with E-state index in [4.69, 9.17) is 4.74 Å². The zero-order chi connectivity index (χ0) is 19.6. The van der Waals surface area contributed by atoms with Crippen molar-refractivity contribution in [1.29, 1.82) is 0 Å². The number of aromatic hydroxyl groups is 1. The summed E-state index contributed by atoms with van der Waals surface area (Å²) in [5.74, 6) is -1.58. The Morgan fingerprint density at radius 1 is 1.30 bits per heavy atom. The molecule has 1 aromatic heterocycles. The molecule has 1 heterocycles. The molecule has 1 aromatic carbocycles. The number of amides is 1. The summed E-state index contributed by atoms with van der Waals surface area (Å²) in [6.45, 7) is 0.0953. The van der Waals surface area contributed by atoms with Crippen LogP contribution in [0.4, 0.5) is 4.79 Å². The van der Waals surface area contributed by atoms with E-state index in [-0.39, 0.29) is 12.4 Å². The first-order chi connectivity index (χ1) is 12.9. The predicted molar refractivity (Wildman–Crippen MR) is 93.2 cm³/mol. The fourth-order valence-corrected chi connectivity index (χ4v) is 2.74. The molecule has 2 aromatic rings. The van der Waals surface area contributed by atoms with E-state index in [0.717, 1.165) is 17.2 Å². The summed E-state index contributed by atoms with van der Waals surface area (Å²) >= 11 is 0. The van der Waals surface area contributed by atoms with E-state index >= 15 is 0 Å². The van der Waals surface area contributed by atoms with Crippen molar-refractivity contribution in [2.75, 3.05) is 7.11 Å². The number of nitrogens with one attached hydrogen (secondary N) is 1. The zero-order valence-electron chi connectivity index (χ0n) is 14.9. The second kappa shape index (κ2) is 7.10. The Balaban J connectivity index is 1.81. The molecule has 0 saturated heterocycles. The van der Waals surface area contributed by atoms with Gasteiger partial charge >= 0.3 is 12.1 Å². The van der Waals surface area contributed by atoms with Crippen molar-refractivity contribution in [2.45, 2.75) is 25.0 Å². The minimum absolute atomic E-state index is 0.0953. The lowest BCUT2D eigenvalue weighted by Gasteiger charge is -2.20. The summed E-state index contributed by atoms with van der Waals surface area (Å²) in [6.07, 6.45) is 0.358. The lowest BCUT2D eigenvalue weighted by molar-refractivity contribution is 0.0588. The number of carbonyl (C=O) groups excluding carboxylic acids is 2. The fraction of sp³-hybridized carbons (Fsp3) is 0.333. The van der Waals surface area contributed by atoms with Gasteiger partial charge in [0.2, 0.25) is 5.75 Å². The van der Waals surface area contributed by atoms with Crippen molar-refractivity contribution in [2.24, 2.45) is 7.05 Å². The van der Waals surface area contributed by atoms with E-state index in [2.05, 4.69) is 15.0 Å². The highest BCUT2D eigenvalue weighted by molar-refractivity contribution is 5.89. The monoisotopic (exact) mass is 373 g/mol. The van der Waals surface area contributed by atoms with E-state index in [1.54, 1.807) is 0 Å². The van der Waals surface area contributed by atoms with E-state index in [0.29, 0.717) is 12.8 Å². The van der Waals surface area contributed by atoms with Crippen LogP contribution in [-0.2, 0) is 28.7 Å². The van der Waals surface area contributed by atoms with Gasteiger partial charge in [-0.3, -0.25) is 9.36 Å². The number of hydrogen-bond acceptors (Lipinski definition) is 7. The first-order valence-electron chi connectivity index (χ1n) is 8.25. The molecule has 2 N–H and O–H groups in total. The number of rotatable bonds is 5. The molecule has 0 radical (unpaired) electrons. The molecule has 1 saturated carbocycles. The van der Waals surface area contributed by atoms with Crippen LogP contribution in [0.2, 0.25) is 0 Å². The van der Waals surface area contributed by atoms with Crippen LogP contribution in [0, 0.1) is 0 Å². The molecule has 1 fully saturated rings. The lowest BCUT2D eigenvalue weighted by Crippen LogP contribution is -2.40. The van der Waals surface area contributed by atoms with Crippen molar-refractivity contribution in [3.63, 3.8) is 0 Å². The van der Waals surface area contributed by atoms with Crippen molar-refractivity contribution in [1.82, 2.24) is 14.9 Å². The van der Waals surface area contributed by atoms with Gasteiger partial charge in [0.05, 0.1) is 7.11 Å². The molecule has 1 aliphatic rings. The molecule has 0 unspecified atom stereocenters. The van der Waals surface area contributed by atoms with Crippen molar-refractivity contribution >= 4 is 12.1 Å². The van der Waals surface area contributed by atoms with Gasteiger partial charge in [-0.25, -0.2) is 14.6 Å². The van der Waals surface area contributed by atoms with Gasteiger partial charge in [0.25, 0.3) is 5.56 Å². The third-order valence-electron chi connectivity index (χ3n) is 4.38. The Morgan fingerprint density at radius 3 is 2.56 bits per heavy atom. The highest BCUT2D eigenvalue weighted by Crippen LogP contribution is 2.44. The molecule has 0 aliphatic heterocycles. The minimum Gasteiger partial charge on any atom is -0.501 e. The number of ether oxygens (including phenoxy) is 2. The second-order valence-corrected chi connectivity index (χ2v) is 6.26. The number of hydrogen-bond donors (Lipinski definition) is 2. The summed E-state index contributed by atoms with van der Waals surface area (Å²) < 4.78 is 10.9. The zero-order valence-corrected chi connectivity index (χ0v) is 14.9. The Bertz CT molecular complexity index is 934. The lowest BCUT2D eigenvalue weighted by atomic mass is 10.2. The molecule has 1 amide bonds. The topological polar surface area (TPSA) is 120 Å². The normalized spacial score (nSPS) is 14.3. The summed E-state index contributed by atoms with van der Waals surface area (Å²) in [5.41, 5.74) is -1.38. The summed E-state index contributed by atoms with van der Waals surface area (Å²) in [5, 5.41) is 12.6. The summed E-state index contributed by atoms with van der Waals surface area (Å²) in [6, 6.07) is 9.19. The Morgan fingerprint density at radius 2 is 1.96 bits per heavy atom. The van der Waals surface area contributed by atoms with E-state index in [1.165, 1.54) is 7.05 Å². The number of esters is 1. The summed E-state index contributed by atoms with van der Waals surface area (Å²) in [7, 11) is 2.52. The third kappa shape index (κ3) is 3.62. The predicted octanol–water partition coefficient (Wildman–Crippen LogP) is 1.19. The Labute approximate surface area is 154 Å². The standard InChI is InChI=1S/C18H19N3O6/c1-21-14(23)13(22)12(15(24)26-2)19-16(21)18(8-9-18)20-17(25)27-10-11-6-4-3-5-7-11/h3-7,22H,8-10H2,1-2H3,(H,20,25). The second-order valence-electron chi connectivity index (χ2n) is 6.26. The fourth-order valence-electron chi connectivity index (χ4n) is 2.74. The van der Waals surface area contributed by atoms with Crippen LogP contribution in [0.25, 0.3) is 0 Å². The van der Waals surface area contributed by atoms with Gasteiger partial charge in [0.15, 0.2) is 5.69 Å². The van der Waals surface area contributed by atoms with Gasteiger partial charge in [0.1, 0.15) is 18.0 Å². The van der Waals surface area contributed by atoms with Gasteiger partial charge in [-0.1, -0.05) is 30.3 Å². The van der Waals surface area contributed by atoms with Crippen LogP contribution < -0.4 is 10.9 Å². The van der Waals surface area contributed by atoms with E-state index in [1.807, 2.05) is 30.3 Å². The number of benzene rings is 1. The van der Waals surface area contributed by atoms with Gasteiger partial charge in [-0.05, 0) is 18.4 Å². The maximum Gasteiger partial charge on any atom is 0.408 e. The van der Waals surface area contributed by atoms with Crippen molar-refractivity contribution < 1.29 is 24.2 Å². The average Bonchev–Trinajstić information content (AvgIpc) is 3.45. The van der Waals surface area contributed by atoms with Crippen molar-refractivity contribution in [3.05, 3.63) is 57.8 Å². The molecular formula is C18H19N3O6. The quantitative estimate of drug-likeness (QED) is 0.755. The van der Waals surface area contributed by atoms with Gasteiger partial charge in [-0.15, -0.1) is 0 Å². The minimum atomic E-state index is -0.936. The van der Waals surface area contributed by atoms with E-state index < -0.39 is 34.6 Å². The Kier molecular flexibility index (Phi) is 4.85. The molecule has 1 aliphatic carbocycles. The van der Waals surface area contributed by atoms with Crippen LogP contribution in [0.5, 0.6) is 5.75 Å². The SMILES string of the molecule is COC(=O)c1nc(C2(NC(=O)OCc3ccccc3)CC2)n(C)c(=O)c1O. The molecule has 9 heteroatoms. The largest absolute Gasteiger partial charge is 0.501 e. The van der Waals surface area contributed by atoms with Crippen LogP contribution in [0.15, 0.2) is 35.1 Å². The molecule has 3 rings (SSSR count). The number of nitrogens with zero attached hydrogens (tertiary/aromatic N) is 2. The molecule has 142 valence electrons. The first-order valence-corrected chi connectivity index (χ1v) is 8.25. The van der Waals surface area contributed by atoms with Gasteiger partial charge in [0, 0.05) is 7.05 Å². The van der Waals surface area contributed by atoms with Gasteiger partial charge < -0.3 is 19.9 Å². The van der Waals surface area contributed by atoms with E-state index in [9.17, 15) is 19.5 Å². The average molecular weight is 373 g/mol. The summed E-state index contributed by atoms with van der Waals surface area (Å²) in [4.78, 5) is 40.3. The number of methoxy groups -OCH3 is 1. The third-order valence-corrected chi connectivity index (χ3v) is 4.38. The maximum absolute atomic E-state index is 12.2. The molecule has 0 spiro atoms. The number of aromatic nitrogens is 2. The smallest absolute Gasteiger partial charge is 0.408 e. The molecule has 9 nitrogen and oxygen atoms in total. The Hall–Kier alpha value is -3.36. The van der Waals surface area contributed by atoms with Crippen molar-refractivity contribution in [3.8, 4) is 5.75 Å². The van der Waals surface area contributed by atoms with Crippen LogP contribution >= 0.6 is 0 Å². The molecular weight excluding hydrogens is 354 g/mol. The molecule has 27 heavy (non-hydrogen) atoms. The first kappa shape index (κ1) is 18.4. The number of carbonyl (C=O) groups is 2. The molecule has 0 bridgehead atoms. The van der Waals surface area contributed by atoms with Crippen LogP contribution in [0.1, 0.15) is 34.7 Å². The highest BCUT2D eigenvalue weighted by atomic mass is 16.5. The maximum atomic E-state index is 12.2. The van der Waals surface area contributed by atoms with Crippen LogP contribution in [0.3, 0.4) is 0 Å². The van der Waals surface area contributed by atoms with Gasteiger partial charge in [-0.2, -0.15) is 0 Å². The van der Waals surface area contributed by atoms with Crippen LogP contribution in [-0.4, -0.2) is 33.8 Å². The highest BCUT2D eigenvalue weighted by Gasteiger charge is 2.50.